The number of fused-ring (bicyclic) bond motifs is 8. The smallest absolute Gasteiger partial charge is 1.00 e. The predicted octanol–water partition coefficient (Wildman–Crippen LogP) is 5.46. The van der Waals surface area contributed by atoms with Gasteiger partial charge >= 0.3 is 256 Å². The number of hydrogen-bond acceptors (Lipinski definition) is 3. The molecule has 2 aromatic heterocycles. The molecule has 1 aliphatic heterocycles. The average Bonchev–Trinajstić information content (AvgIpc) is 3.55. The first-order valence-corrected chi connectivity index (χ1v) is 18.8. The summed E-state index contributed by atoms with van der Waals surface area (Å²) in [6.07, 6.45) is 4.94. The van der Waals surface area contributed by atoms with Crippen molar-refractivity contribution in [1.82, 2.24) is 0 Å². The molecule has 0 amide bonds. The molecule has 0 spiro atoms. The Labute approximate surface area is 277 Å². The maximum absolute atomic E-state index is 4.13. The molecule has 2 aliphatic carbocycles. The van der Waals surface area contributed by atoms with Crippen LogP contribution in [-0.2, 0) is 23.2 Å². The van der Waals surface area contributed by atoms with Crippen LogP contribution in [-0.4, -0.2) is 0 Å². The summed E-state index contributed by atoms with van der Waals surface area (Å²) in [5, 5.41) is 0. The van der Waals surface area contributed by atoms with Crippen LogP contribution in [0.4, 0.5) is 0 Å². The summed E-state index contributed by atoms with van der Waals surface area (Å²) < 4.78 is 3.79. The largest absolute Gasteiger partial charge is 1.00 e. The van der Waals surface area contributed by atoms with Crippen LogP contribution in [0.1, 0.15) is 53.1 Å². The summed E-state index contributed by atoms with van der Waals surface area (Å²) in [6.45, 7) is 9.18. The number of halogens is 4. The fraction of sp³-hybridized carbons (Fsp3) is 0.200. The predicted molar refractivity (Wildman–Crippen MR) is 161 cm³/mol. The fourth-order valence-electron chi connectivity index (χ4n) is 5.67. The number of allylic oxidation sites excluding steroid dienone is 2. The van der Waals surface area contributed by atoms with Crippen molar-refractivity contribution in [3.8, 4) is 20.9 Å². The molecule has 4 aromatic rings. The van der Waals surface area contributed by atoms with Gasteiger partial charge in [0, 0.05) is 0 Å². The molecule has 3 heterocycles. The number of benzene rings is 2. The van der Waals surface area contributed by atoms with E-state index >= 15 is 0 Å². The van der Waals surface area contributed by atoms with Crippen molar-refractivity contribution < 1.29 is 48.0 Å². The second-order valence-corrected chi connectivity index (χ2v) is 18.7. The number of hydrogen-bond donors (Lipinski definition) is 0. The van der Waals surface area contributed by atoms with Crippen LogP contribution in [0.25, 0.3) is 33.0 Å². The van der Waals surface area contributed by atoms with Gasteiger partial charge in [0.25, 0.3) is 0 Å². The van der Waals surface area contributed by atoms with E-state index in [0.29, 0.717) is 7.25 Å². The Bertz CT molecular complexity index is 1680. The molecule has 3 aliphatic rings. The number of aryl methyl sites for hydroxylation is 2. The van der Waals surface area contributed by atoms with E-state index in [9.17, 15) is 0 Å². The van der Waals surface area contributed by atoms with Crippen LogP contribution in [0.15, 0.2) is 66.3 Å². The first kappa shape index (κ1) is 29.6. The molecule has 7 rings (SSSR count). The zero-order valence-electron chi connectivity index (χ0n) is 21.0. The van der Waals surface area contributed by atoms with Crippen molar-refractivity contribution in [2.24, 2.45) is 0 Å². The SMILES string of the molecule is CC1=Cc2ccc(-c3ccc(C)s3)c(Br)c2[CH]1[Zr+2][CH]1C(C)=Cc2c3cc(c(Br)c21)-c1cc(c(C)s1)S3.[Cl-].[Cl-]. The average molecular weight is 801 g/mol. The van der Waals surface area contributed by atoms with E-state index in [1.807, 2.05) is 34.4 Å². The molecule has 2 unspecified atom stereocenters. The number of thiophene rings is 2. The van der Waals surface area contributed by atoms with Crippen molar-refractivity contribution in [3.63, 3.8) is 0 Å². The Hall–Kier alpha value is 0.0931. The monoisotopic (exact) mass is 796 g/mol. The Morgan fingerprint density at radius 2 is 1.42 bits per heavy atom. The normalized spacial score (nSPS) is 17.9. The molecular weight excluding hydrogens is 778 g/mol. The first-order chi connectivity index (χ1) is 17.3. The standard InChI is InChI=1S/C15H10BrS2.C15H12BrS.2ClH.Zr/c1-7-3-9-10(4-7)15(16)11-5-13(9)18-12-6-14(11)17-8(12)2;1-9-7-11-4-5-12(15(16)13(11)8-9)14-6-3-10(2)17-14;;;/h3-6H,1-2H3;3-8H,1-2H3;2*1H;/q;;;;+2/p-2. The third kappa shape index (κ3) is 4.62. The van der Waals surface area contributed by atoms with Gasteiger partial charge in [-0.05, 0) is 0 Å². The summed E-state index contributed by atoms with van der Waals surface area (Å²) in [6, 6.07) is 14.0. The van der Waals surface area contributed by atoms with E-state index in [4.69, 9.17) is 0 Å². The summed E-state index contributed by atoms with van der Waals surface area (Å²) in [7, 11) is 0. The Morgan fingerprint density at radius 3 is 2.16 bits per heavy atom. The zero-order valence-corrected chi connectivity index (χ0v) is 30.6. The third-order valence-electron chi connectivity index (χ3n) is 7.46. The molecular formula is C30H22Br2Cl2S3Zr. The Kier molecular flexibility index (Phi) is 8.61. The van der Waals surface area contributed by atoms with Gasteiger partial charge in [-0.2, -0.15) is 0 Å². The Morgan fingerprint density at radius 1 is 0.711 bits per heavy atom. The maximum Gasteiger partial charge on any atom is -1.00 e. The first-order valence-electron chi connectivity index (χ1n) is 12.0. The quantitative estimate of drug-likeness (QED) is 0.234. The minimum absolute atomic E-state index is 0. The molecule has 0 saturated heterocycles. The molecule has 0 fully saturated rings. The molecule has 8 heteroatoms. The van der Waals surface area contributed by atoms with E-state index < -0.39 is 23.2 Å². The van der Waals surface area contributed by atoms with Crippen LogP contribution in [0, 0.1) is 13.8 Å². The molecule has 192 valence electrons. The molecule has 2 atom stereocenters. The van der Waals surface area contributed by atoms with Gasteiger partial charge in [-0.15, -0.1) is 0 Å². The van der Waals surface area contributed by atoms with E-state index in [1.54, 1.807) is 16.7 Å². The number of rotatable bonds is 3. The van der Waals surface area contributed by atoms with Gasteiger partial charge in [0.1, 0.15) is 0 Å². The summed E-state index contributed by atoms with van der Waals surface area (Å²) in [5.74, 6) is 0. The van der Waals surface area contributed by atoms with Crippen LogP contribution in [0.2, 0.25) is 0 Å². The van der Waals surface area contributed by atoms with Gasteiger partial charge in [0.15, 0.2) is 0 Å². The summed E-state index contributed by atoms with van der Waals surface area (Å²) >= 11 is 13.1. The molecule has 0 nitrogen and oxygen atoms in total. The molecule has 0 saturated carbocycles. The van der Waals surface area contributed by atoms with Crippen LogP contribution < -0.4 is 24.8 Å². The molecule has 38 heavy (non-hydrogen) atoms. The third-order valence-corrected chi connectivity index (χ3v) is 17.9. The molecule has 0 radical (unpaired) electrons. The maximum atomic E-state index is 4.13. The van der Waals surface area contributed by atoms with E-state index in [1.165, 1.54) is 66.1 Å². The van der Waals surface area contributed by atoms with E-state index in [2.05, 4.69) is 108 Å². The van der Waals surface area contributed by atoms with Crippen LogP contribution in [0.5, 0.6) is 0 Å². The Balaban J connectivity index is 0.00000147. The minimum Gasteiger partial charge on any atom is -1.00 e. The van der Waals surface area contributed by atoms with Gasteiger partial charge in [-0.3, -0.25) is 0 Å². The van der Waals surface area contributed by atoms with Gasteiger partial charge in [0.2, 0.25) is 0 Å². The zero-order chi connectivity index (χ0) is 24.9. The molecule has 2 aromatic carbocycles. The van der Waals surface area contributed by atoms with Crippen molar-refractivity contribution in [1.29, 1.82) is 0 Å². The van der Waals surface area contributed by atoms with E-state index in [-0.39, 0.29) is 24.8 Å². The van der Waals surface area contributed by atoms with Crippen molar-refractivity contribution in [2.45, 2.75) is 44.7 Å². The van der Waals surface area contributed by atoms with Crippen molar-refractivity contribution >= 4 is 78.4 Å². The van der Waals surface area contributed by atoms with E-state index in [0.717, 1.165) is 0 Å². The van der Waals surface area contributed by atoms with Gasteiger partial charge in [-0.25, -0.2) is 0 Å². The van der Waals surface area contributed by atoms with Crippen molar-refractivity contribution in [2.75, 3.05) is 0 Å². The second kappa shape index (κ2) is 11.1. The van der Waals surface area contributed by atoms with Gasteiger partial charge in [0.05, 0.1) is 0 Å². The minimum atomic E-state index is -0.944. The van der Waals surface area contributed by atoms with Gasteiger partial charge in [-0.1, -0.05) is 0 Å². The molecule has 4 bridgehead atoms. The van der Waals surface area contributed by atoms with Crippen LogP contribution >= 0.6 is 66.3 Å². The topological polar surface area (TPSA) is 0 Å². The van der Waals surface area contributed by atoms with Crippen LogP contribution in [0.3, 0.4) is 0 Å². The summed E-state index contributed by atoms with van der Waals surface area (Å²) in [4.78, 5) is 8.40. The fourth-order valence-corrected chi connectivity index (χ4v) is 16.6. The van der Waals surface area contributed by atoms with Gasteiger partial charge < -0.3 is 24.8 Å². The second-order valence-electron chi connectivity index (χ2n) is 9.85. The molecule has 0 N–H and O–H groups in total. The van der Waals surface area contributed by atoms with Crippen molar-refractivity contribution in [3.05, 3.63) is 88.5 Å². The summed E-state index contributed by atoms with van der Waals surface area (Å²) in [5.41, 5.74) is 11.8.